The number of aromatic nitrogens is 1. The fourth-order valence-electron chi connectivity index (χ4n) is 1.74. The van der Waals surface area contributed by atoms with Crippen molar-refractivity contribution in [2.24, 2.45) is 5.92 Å². The number of halogens is 3. The first-order valence-electron chi connectivity index (χ1n) is 5.35. The molecule has 1 aromatic rings. The lowest BCUT2D eigenvalue weighted by molar-refractivity contribution is -0.124. The van der Waals surface area contributed by atoms with Gasteiger partial charge >= 0.3 is 0 Å². The lowest BCUT2D eigenvalue weighted by Gasteiger charge is -2.09. The highest BCUT2D eigenvalue weighted by molar-refractivity contribution is 5.85. The minimum absolute atomic E-state index is 0. The van der Waals surface area contributed by atoms with Crippen LogP contribution in [-0.2, 0) is 11.3 Å². The molecule has 0 saturated carbocycles. The summed E-state index contributed by atoms with van der Waals surface area (Å²) >= 11 is 0. The average Bonchev–Trinajstić information content (AvgIpc) is 2.81. The van der Waals surface area contributed by atoms with Gasteiger partial charge in [-0.25, -0.2) is 4.39 Å². The highest BCUT2D eigenvalue weighted by atomic mass is 35.5. The Hall–Kier alpha value is -0.910. The van der Waals surface area contributed by atoms with Gasteiger partial charge in [0.15, 0.2) is 0 Å². The molecule has 0 radical (unpaired) electrons. The highest BCUT2D eigenvalue weighted by Crippen LogP contribution is 2.08. The van der Waals surface area contributed by atoms with Crippen molar-refractivity contribution in [3.05, 3.63) is 29.8 Å². The summed E-state index contributed by atoms with van der Waals surface area (Å²) < 4.78 is 13.2. The molecule has 1 saturated heterocycles. The van der Waals surface area contributed by atoms with E-state index in [4.69, 9.17) is 0 Å². The van der Waals surface area contributed by atoms with Crippen LogP contribution in [0.3, 0.4) is 0 Å². The monoisotopic (exact) mass is 295 g/mol. The topological polar surface area (TPSA) is 54.0 Å². The lowest BCUT2D eigenvalue weighted by Crippen LogP contribution is -2.31. The maximum Gasteiger partial charge on any atom is 0.224 e. The highest BCUT2D eigenvalue weighted by Gasteiger charge is 2.22. The van der Waals surface area contributed by atoms with E-state index in [-0.39, 0.29) is 54.7 Å². The third-order valence-electron chi connectivity index (χ3n) is 2.70. The fourth-order valence-corrected chi connectivity index (χ4v) is 1.74. The molecule has 4 nitrogen and oxygen atoms in total. The van der Waals surface area contributed by atoms with Crippen molar-refractivity contribution in [2.75, 3.05) is 13.1 Å². The zero-order valence-electron chi connectivity index (χ0n) is 9.69. The van der Waals surface area contributed by atoms with Gasteiger partial charge in [-0.15, -0.1) is 24.8 Å². The fraction of sp³-hybridized carbons (Fsp3) is 0.455. The number of hydrogen-bond acceptors (Lipinski definition) is 3. The Balaban J connectivity index is 0.00000144. The first kappa shape index (κ1) is 17.1. The smallest absolute Gasteiger partial charge is 0.224 e. The number of carbonyl (C=O) groups is 1. The molecule has 7 heteroatoms. The van der Waals surface area contributed by atoms with Crippen LogP contribution in [0.4, 0.5) is 4.39 Å². The third kappa shape index (κ3) is 4.40. The first-order chi connectivity index (χ1) is 7.77. The molecule has 1 aliphatic rings. The van der Waals surface area contributed by atoms with Gasteiger partial charge in [0.25, 0.3) is 0 Å². The Bertz CT molecular complexity index is 386. The zero-order valence-corrected chi connectivity index (χ0v) is 11.3. The summed E-state index contributed by atoms with van der Waals surface area (Å²) in [5, 5.41) is 5.81. The van der Waals surface area contributed by atoms with E-state index in [0.717, 1.165) is 13.0 Å². The molecule has 0 unspecified atom stereocenters. The van der Waals surface area contributed by atoms with Crippen molar-refractivity contribution in [3.8, 4) is 0 Å². The Labute approximate surface area is 118 Å². The number of rotatable bonds is 3. The van der Waals surface area contributed by atoms with E-state index < -0.39 is 0 Å². The Kier molecular flexibility index (Phi) is 7.82. The summed E-state index contributed by atoms with van der Waals surface area (Å²) in [6.45, 7) is 1.73. The van der Waals surface area contributed by atoms with Crippen LogP contribution in [0.1, 0.15) is 12.1 Å². The number of amides is 1. The van der Waals surface area contributed by atoms with Crippen molar-refractivity contribution in [1.82, 2.24) is 15.6 Å². The zero-order chi connectivity index (χ0) is 11.4. The van der Waals surface area contributed by atoms with E-state index in [1.807, 2.05) is 0 Å². The normalized spacial score (nSPS) is 17.5. The van der Waals surface area contributed by atoms with Crippen molar-refractivity contribution in [2.45, 2.75) is 13.0 Å². The van der Waals surface area contributed by atoms with E-state index in [1.165, 1.54) is 18.3 Å². The van der Waals surface area contributed by atoms with Gasteiger partial charge in [0, 0.05) is 12.7 Å². The predicted molar refractivity (Wildman–Crippen MR) is 71.5 cm³/mol. The van der Waals surface area contributed by atoms with Crippen LogP contribution >= 0.6 is 24.8 Å². The van der Waals surface area contributed by atoms with Crippen LogP contribution in [-0.4, -0.2) is 24.0 Å². The van der Waals surface area contributed by atoms with Gasteiger partial charge in [0.2, 0.25) is 5.91 Å². The van der Waals surface area contributed by atoms with E-state index in [2.05, 4.69) is 15.6 Å². The van der Waals surface area contributed by atoms with Gasteiger partial charge in [0.05, 0.1) is 18.2 Å². The molecule has 2 rings (SSSR count). The maximum atomic E-state index is 13.2. The average molecular weight is 296 g/mol. The van der Waals surface area contributed by atoms with Crippen LogP contribution in [0.15, 0.2) is 18.3 Å². The third-order valence-corrected chi connectivity index (χ3v) is 2.70. The second-order valence-corrected chi connectivity index (χ2v) is 3.84. The standard InChI is InChI=1S/C11H14FN3O.2ClH/c12-9-2-1-4-14-10(9)7-15-11(16)8-3-5-13-6-8;;/h1-2,4,8,13H,3,5-7H2,(H,15,16);2*1H/t8-;;/m0../s1. The second kappa shape index (κ2) is 8.24. The van der Waals surface area contributed by atoms with Crippen LogP contribution in [0.25, 0.3) is 0 Å². The largest absolute Gasteiger partial charge is 0.350 e. The molecule has 1 atom stereocenters. The number of carbonyl (C=O) groups excluding carboxylic acids is 1. The molecular formula is C11H16Cl2FN3O. The van der Waals surface area contributed by atoms with E-state index in [0.29, 0.717) is 6.54 Å². The lowest BCUT2D eigenvalue weighted by atomic mass is 10.1. The second-order valence-electron chi connectivity index (χ2n) is 3.84. The molecule has 1 aliphatic heterocycles. The number of nitrogens with zero attached hydrogens (tertiary/aromatic N) is 1. The summed E-state index contributed by atoms with van der Waals surface area (Å²) in [4.78, 5) is 15.5. The molecule has 2 heterocycles. The minimum atomic E-state index is -0.382. The van der Waals surface area contributed by atoms with Gasteiger partial charge < -0.3 is 10.6 Å². The predicted octanol–water partition coefficient (Wildman–Crippen LogP) is 1.29. The van der Waals surface area contributed by atoms with Crippen molar-refractivity contribution in [1.29, 1.82) is 0 Å². The van der Waals surface area contributed by atoms with Crippen molar-refractivity contribution in [3.63, 3.8) is 0 Å². The molecule has 1 aromatic heterocycles. The summed E-state index contributed by atoms with van der Waals surface area (Å²) in [6.07, 6.45) is 2.36. The maximum absolute atomic E-state index is 13.2. The summed E-state index contributed by atoms with van der Waals surface area (Å²) in [7, 11) is 0. The van der Waals surface area contributed by atoms with E-state index >= 15 is 0 Å². The van der Waals surface area contributed by atoms with Crippen LogP contribution < -0.4 is 10.6 Å². The molecule has 0 bridgehead atoms. The van der Waals surface area contributed by atoms with E-state index in [1.54, 1.807) is 0 Å². The SMILES string of the molecule is Cl.Cl.O=C(NCc1ncccc1F)[C@H]1CCNC1. The molecule has 0 aliphatic carbocycles. The molecule has 1 amide bonds. The molecule has 18 heavy (non-hydrogen) atoms. The van der Waals surface area contributed by atoms with Crippen LogP contribution in [0.5, 0.6) is 0 Å². The quantitative estimate of drug-likeness (QED) is 0.884. The summed E-state index contributed by atoms with van der Waals surface area (Å²) in [5.41, 5.74) is 0.279. The van der Waals surface area contributed by atoms with Crippen LogP contribution in [0, 0.1) is 11.7 Å². The Morgan fingerprint density at radius 2 is 2.33 bits per heavy atom. The molecule has 102 valence electrons. The van der Waals surface area contributed by atoms with Gasteiger partial charge in [-0.3, -0.25) is 9.78 Å². The van der Waals surface area contributed by atoms with Crippen molar-refractivity contribution >= 4 is 30.7 Å². The van der Waals surface area contributed by atoms with Gasteiger partial charge in [-0.2, -0.15) is 0 Å². The number of hydrogen-bond donors (Lipinski definition) is 2. The van der Waals surface area contributed by atoms with Gasteiger partial charge in [0.1, 0.15) is 5.82 Å². The number of pyridine rings is 1. The van der Waals surface area contributed by atoms with Gasteiger partial charge in [-0.1, -0.05) is 0 Å². The Morgan fingerprint density at radius 1 is 1.56 bits per heavy atom. The first-order valence-corrected chi connectivity index (χ1v) is 5.35. The van der Waals surface area contributed by atoms with Crippen molar-refractivity contribution < 1.29 is 9.18 Å². The minimum Gasteiger partial charge on any atom is -0.350 e. The van der Waals surface area contributed by atoms with E-state index in [9.17, 15) is 9.18 Å². The molecule has 2 N–H and O–H groups in total. The number of nitrogens with one attached hydrogen (secondary N) is 2. The summed E-state index contributed by atoms with van der Waals surface area (Å²) in [5.74, 6) is -0.408. The van der Waals surface area contributed by atoms with Crippen LogP contribution in [0.2, 0.25) is 0 Å². The van der Waals surface area contributed by atoms with Gasteiger partial charge in [-0.05, 0) is 25.1 Å². The molecule has 0 aromatic carbocycles. The Morgan fingerprint density at radius 3 is 2.94 bits per heavy atom. The summed E-state index contributed by atoms with van der Waals surface area (Å²) in [6, 6.07) is 2.87. The molecule has 1 fully saturated rings. The molecule has 0 spiro atoms. The molecular weight excluding hydrogens is 280 g/mol.